The molecular weight excluding hydrogens is 264 g/mol. The third-order valence-corrected chi connectivity index (χ3v) is 4.07. The van der Waals surface area contributed by atoms with Crippen molar-refractivity contribution in [2.45, 2.75) is 6.10 Å². The van der Waals surface area contributed by atoms with Gasteiger partial charge in [0.25, 0.3) is 0 Å². The number of β-amino-alcohol motifs (C(OH)–C–C–N with tert-alkyl or cyclic N) is 1. The highest BCUT2D eigenvalue weighted by atomic mass is 16.3. The van der Waals surface area contributed by atoms with E-state index < -0.39 is 6.10 Å². The molecule has 5 nitrogen and oxygen atoms in total. The molecule has 112 valence electrons. The molecule has 1 atom stereocenters. The summed E-state index contributed by atoms with van der Waals surface area (Å²) in [6, 6.07) is 10.4. The first-order valence-corrected chi connectivity index (χ1v) is 7.47. The zero-order valence-corrected chi connectivity index (χ0v) is 12.2. The van der Waals surface area contributed by atoms with Gasteiger partial charge in [-0.15, -0.1) is 0 Å². The van der Waals surface area contributed by atoms with Gasteiger partial charge < -0.3 is 15.7 Å². The quantitative estimate of drug-likeness (QED) is 0.865. The van der Waals surface area contributed by atoms with Crippen LogP contribution in [-0.2, 0) is 0 Å². The summed E-state index contributed by atoms with van der Waals surface area (Å²) in [6.07, 6.45) is 1.45. The number of nitrogens with two attached hydrogens (primary N) is 1. The Bertz CT molecular complexity index is 590. The lowest BCUT2D eigenvalue weighted by Gasteiger charge is -2.36. The van der Waals surface area contributed by atoms with Crippen LogP contribution in [0.25, 0.3) is 10.8 Å². The summed E-state index contributed by atoms with van der Waals surface area (Å²) < 4.78 is 0. The van der Waals surface area contributed by atoms with E-state index >= 15 is 0 Å². The van der Waals surface area contributed by atoms with E-state index in [9.17, 15) is 5.11 Å². The number of hydrogen-bond donors (Lipinski definition) is 2. The molecule has 1 fully saturated rings. The Kier molecular flexibility index (Phi) is 4.34. The fourth-order valence-electron chi connectivity index (χ4n) is 2.87. The van der Waals surface area contributed by atoms with Crippen molar-refractivity contribution in [3.05, 3.63) is 36.5 Å². The van der Waals surface area contributed by atoms with Crippen molar-refractivity contribution >= 4 is 16.6 Å². The topological polar surface area (TPSA) is 65.6 Å². The van der Waals surface area contributed by atoms with Crippen LogP contribution in [0, 0.1) is 0 Å². The van der Waals surface area contributed by atoms with E-state index in [0.29, 0.717) is 13.1 Å². The van der Waals surface area contributed by atoms with E-state index in [1.165, 1.54) is 10.8 Å². The molecule has 2 heterocycles. The highest BCUT2D eigenvalue weighted by molar-refractivity contribution is 5.92. The van der Waals surface area contributed by atoms with Crippen LogP contribution in [0.3, 0.4) is 0 Å². The van der Waals surface area contributed by atoms with Gasteiger partial charge in [-0.05, 0) is 11.5 Å². The molecule has 3 N–H and O–H groups in total. The molecule has 5 heteroatoms. The standard InChI is InChI=1S/C16H22N4O/c17-11-14(21)12-19-7-9-20(10-8-19)16-15-4-2-1-3-13(15)5-6-18-16/h1-6,14,21H,7-12,17H2. The van der Waals surface area contributed by atoms with E-state index in [0.717, 1.165) is 32.0 Å². The first kappa shape index (κ1) is 14.3. The number of aliphatic hydroxyl groups excluding tert-OH is 1. The lowest BCUT2D eigenvalue weighted by atomic mass is 10.1. The lowest BCUT2D eigenvalue weighted by Crippen LogP contribution is -2.49. The number of aromatic nitrogens is 1. The van der Waals surface area contributed by atoms with Crippen LogP contribution < -0.4 is 10.6 Å². The van der Waals surface area contributed by atoms with Crippen LogP contribution in [0.1, 0.15) is 0 Å². The van der Waals surface area contributed by atoms with Crippen LogP contribution in [0.15, 0.2) is 36.5 Å². The summed E-state index contributed by atoms with van der Waals surface area (Å²) in [4.78, 5) is 9.16. The number of benzene rings is 1. The molecule has 2 aromatic rings. The van der Waals surface area contributed by atoms with Crippen molar-refractivity contribution < 1.29 is 5.11 Å². The summed E-state index contributed by atoms with van der Waals surface area (Å²) in [7, 11) is 0. The summed E-state index contributed by atoms with van der Waals surface area (Å²) >= 11 is 0. The molecule has 1 unspecified atom stereocenters. The number of piperazine rings is 1. The third kappa shape index (κ3) is 3.15. The van der Waals surface area contributed by atoms with Gasteiger partial charge >= 0.3 is 0 Å². The van der Waals surface area contributed by atoms with E-state index in [2.05, 4.69) is 39.0 Å². The second-order valence-corrected chi connectivity index (χ2v) is 5.53. The average molecular weight is 286 g/mol. The van der Waals surface area contributed by atoms with Crippen LogP contribution >= 0.6 is 0 Å². The number of pyridine rings is 1. The fraction of sp³-hybridized carbons (Fsp3) is 0.438. The van der Waals surface area contributed by atoms with Gasteiger partial charge in [0.05, 0.1) is 6.10 Å². The lowest BCUT2D eigenvalue weighted by molar-refractivity contribution is 0.115. The van der Waals surface area contributed by atoms with Gasteiger partial charge in [-0.1, -0.05) is 24.3 Å². The Labute approximate surface area is 125 Å². The number of fused-ring (bicyclic) bond motifs is 1. The number of aliphatic hydroxyl groups is 1. The summed E-state index contributed by atoms with van der Waals surface area (Å²) in [6.45, 7) is 4.71. The first-order valence-electron chi connectivity index (χ1n) is 7.47. The molecule has 0 aliphatic carbocycles. The Morgan fingerprint density at radius 3 is 2.67 bits per heavy atom. The summed E-state index contributed by atoms with van der Waals surface area (Å²) in [5, 5.41) is 12.1. The van der Waals surface area contributed by atoms with Gasteiger partial charge in [0.2, 0.25) is 0 Å². The third-order valence-electron chi connectivity index (χ3n) is 4.07. The van der Waals surface area contributed by atoms with Crippen LogP contribution in [-0.4, -0.2) is 60.4 Å². The molecule has 3 rings (SSSR count). The van der Waals surface area contributed by atoms with Gasteiger partial charge in [-0.25, -0.2) is 4.98 Å². The van der Waals surface area contributed by atoms with Crippen molar-refractivity contribution in [2.24, 2.45) is 5.73 Å². The Morgan fingerprint density at radius 1 is 1.14 bits per heavy atom. The van der Waals surface area contributed by atoms with Gasteiger partial charge in [-0.2, -0.15) is 0 Å². The maximum Gasteiger partial charge on any atom is 0.136 e. The van der Waals surface area contributed by atoms with Crippen molar-refractivity contribution in [3.8, 4) is 0 Å². The zero-order chi connectivity index (χ0) is 14.7. The van der Waals surface area contributed by atoms with Gasteiger partial charge in [0.15, 0.2) is 0 Å². The molecule has 1 aromatic heterocycles. The second-order valence-electron chi connectivity index (χ2n) is 5.53. The van der Waals surface area contributed by atoms with Crippen LogP contribution in [0.2, 0.25) is 0 Å². The molecule has 1 aliphatic rings. The van der Waals surface area contributed by atoms with Crippen molar-refractivity contribution in [1.29, 1.82) is 0 Å². The van der Waals surface area contributed by atoms with Crippen LogP contribution in [0.5, 0.6) is 0 Å². The minimum Gasteiger partial charge on any atom is -0.390 e. The average Bonchev–Trinajstić information content (AvgIpc) is 2.55. The van der Waals surface area contributed by atoms with Crippen molar-refractivity contribution in [3.63, 3.8) is 0 Å². The molecule has 0 spiro atoms. The van der Waals surface area contributed by atoms with E-state index in [1.807, 2.05) is 12.3 Å². The molecule has 1 aliphatic heterocycles. The SMILES string of the molecule is NCC(O)CN1CCN(c2nccc3ccccc23)CC1. The van der Waals surface area contributed by atoms with Crippen molar-refractivity contribution in [2.75, 3.05) is 44.2 Å². The normalized spacial score (nSPS) is 18.1. The molecule has 0 bridgehead atoms. The molecular formula is C16H22N4O. The molecule has 1 saturated heterocycles. The van der Waals surface area contributed by atoms with E-state index in [-0.39, 0.29) is 0 Å². The van der Waals surface area contributed by atoms with Gasteiger partial charge in [0, 0.05) is 50.9 Å². The highest BCUT2D eigenvalue weighted by Gasteiger charge is 2.20. The first-order chi connectivity index (χ1) is 10.3. The smallest absolute Gasteiger partial charge is 0.136 e. The summed E-state index contributed by atoms with van der Waals surface area (Å²) in [5.41, 5.74) is 5.47. The second kappa shape index (κ2) is 6.39. The highest BCUT2D eigenvalue weighted by Crippen LogP contribution is 2.24. The van der Waals surface area contributed by atoms with E-state index in [1.54, 1.807) is 0 Å². The Balaban J connectivity index is 1.71. The van der Waals surface area contributed by atoms with Crippen LogP contribution in [0.4, 0.5) is 5.82 Å². The predicted octanol–water partition coefficient (Wildman–Crippen LogP) is 0.676. The largest absolute Gasteiger partial charge is 0.390 e. The Morgan fingerprint density at radius 2 is 1.90 bits per heavy atom. The minimum atomic E-state index is -0.424. The number of hydrogen-bond acceptors (Lipinski definition) is 5. The maximum atomic E-state index is 9.64. The fourth-order valence-corrected chi connectivity index (χ4v) is 2.87. The van der Waals surface area contributed by atoms with E-state index in [4.69, 9.17) is 5.73 Å². The minimum absolute atomic E-state index is 0.324. The molecule has 0 amide bonds. The monoisotopic (exact) mass is 286 g/mol. The number of nitrogens with zero attached hydrogens (tertiary/aromatic N) is 3. The maximum absolute atomic E-state index is 9.64. The summed E-state index contributed by atoms with van der Waals surface area (Å²) in [5.74, 6) is 1.06. The molecule has 1 aromatic carbocycles. The zero-order valence-electron chi connectivity index (χ0n) is 12.2. The number of anilines is 1. The molecule has 0 radical (unpaired) electrons. The molecule has 0 saturated carbocycles. The predicted molar refractivity (Wildman–Crippen MR) is 85.5 cm³/mol. The van der Waals surface area contributed by atoms with Gasteiger partial charge in [-0.3, -0.25) is 4.90 Å². The van der Waals surface area contributed by atoms with Gasteiger partial charge in [0.1, 0.15) is 5.82 Å². The number of rotatable bonds is 4. The molecule has 21 heavy (non-hydrogen) atoms. The van der Waals surface area contributed by atoms with Crippen molar-refractivity contribution in [1.82, 2.24) is 9.88 Å². The Hall–Kier alpha value is -1.69.